The number of carboxylic acid groups (broad SMARTS) is 1. The molecule has 0 aromatic heterocycles. The minimum absolute atomic E-state index is 0.00950. The number of carboxylic acids is 1. The van der Waals surface area contributed by atoms with Crippen LogP contribution in [-0.4, -0.2) is 5.97 Å². The maximum atomic E-state index is 10.3. The second-order valence-corrected chi connectivity index (χ2v) is 4.50. The molecule has 0 atom stereocenters. The van der Waals surface area contributed by atoms with E-state index in [-0.39, 0.29) is 11.8 Å². The molecule has 0 unspecified atom stereocenters. The predicted molar refractivity (Wildman–Crippen MR) is 53.9 cm³/mol. The summed E-state index contributed by atoms with van der Waals surface area (Å²) in [7, 11) is 0. The van der Waals surface area contributed by atoms with Crippen molar-refractivity contribution in [3.63, 3.8) is 0 Å². The summed E-state index contributed by atoms with van der Waals surface area (Å²) in [5.74, 6) is -1.03. The quantitative estimate of drug-likeness (QED) is 0.706. The molecule has 0 aliphatic rings. The van der Waals surface area contributed by atoms with Crippen LogP contribution in [-0.2, 0) is 16.6 Å². The fourth-order valence-corrected chi connectivity index (χ4v) is 1.29. The maximum absolute atomic E-state index is 10.3. The Hall–Kier alpha value is -1.31. The predicted octanol–water partition coefficient (Wildman–Crippen LogP) is 1.28. The largest absolute Gasteiger partial charge is 0.550 e. The van der Waals surface area contributed by atoms with Crippen molar-refractivity contribution in [3.05, 3.63) is 35.4 Å². The van der Waals surface area contributed by atoms with Crippen molar-refractivity contribution < 1.29 is 9.90 Å². The normalized spacial score (nSPS) is 11.4. The molecule has 0 bridgehead atoms. The molecule has 0 fully saturated rings. The van der Waals surface area contributed by atoms with Gasteiger partial charge in [-0.3, -0.25) is 0 Å². The molecule has 0 saturated carbocycles. The lowest BCUT2D eigenvalue weighted by molar-refractivity contribution is -0.304. The van der Waals surface area contributed by atoms with E-state index in [9.17, 15) is 9.90 Å². The van der Waals surface area contributed by atoms with Crippen LogP contribution in [0.15, 0.2) is 24.3 Å². The van der Waals surface area contributed by atoms with Crippen LogP contribution >= 0.6 is 0 Å². The van der Waals surface area contributed by atoms with Crippen LogP contribution in [0.1, 0.15) is 31.9 Å². The number of hydrogen-bond donors (Lipinski definition) is 0. The maximum Gasteiger partial charge on any atom is 0.0458 e. The van der Waals surface area contributed by atoms with Gasteiger partial charge in [-0.05, 0) is 16.5 Å². The van der Waals surface area contributed by atoms with Gasteiger partial charge in [-0.1, -0.05) is 45.0 Å². The number of benzene rings is 1. The van der Waals surface area contributed by atoms with Crippen LogP contribution in [0.2, 0.25) is 0 Å². The van der Waals surface area contributed by atoms with Crippen LogP contribution in [0.4, 0.5) is 0 Å². The Kier molecular flexibility index (Phi) is 2.94. The Balaban J connectivity index is 2.84. The first-order chi connectivity index (χ1) is 6.39. The van der Waals surface area contributed by atoms with E-state index < -0.39 is 5.97 Å². The van der Waals surface area contributed by atoms with Gasteiger partial charge in [0.25, 0.3) is 0 Å². The highest BCUT2D eigenvalue weighted by molar-refractivity contribution is 5.67. The van der Waals surface area contributed by atoms with Crippen LogP contribution in [0.25, 0.3) is 0 Å². The topological polar surface area (TPSA) is 40.1 Å². The Morgan fingerprint density at radius 1 is 1.21 bits per heavy atom. The first kappa shape index (κ1) is 10.8. The molecule has 2 nitrogen and oxygen atoms in total. The van der Waals surface area contributed by atoms with Gasteiger partial charge in [0.2, 0.25) is 0 Å². The van der Waals surface area contributed by atoms with Crippen LogP contribution in [0.5, 0.6) is 0 Å². The zero-order chi connectivity index (χ0) is 10.8. The average molecular weight is 191 g/mol. The van der Waals surface area contributed by atoms with Gasteiger partial charge in [0.1, 0.15) is 0 Å². The first-order valence-electron chi connectivity index (χ1n) is 4.69. The number of aliphatic carboxylic acids is 1. The van der Waals surface area contributed by atoms with Crippen molar-refractivity contribution in [2.24, 2.45) is 0 Å². The minimum Gasteiger partial charge on any atom is -0.550 e. The smallest absolute Gasteiger partial charge is 0.0458 e. The first-order valence-corrected chi connectivity index (χ1v) is 4.69. The fourth-order valence-electron chi connectivity index (χ4n) is 1.29. The summed E-state index contributed by atoms with van der Waals surface area (Å²) in [5, 5.41) is 10.3. The van der Waals surface area contributed by atoms with Gasteiger partial charge in [0, 0.05) is 12.4 Å². The third kappa shape index (κ3) is 2.87. The number of rotatable bonds is 2. The van der Waals surface area contributed by atoms with Gasteiger partial charge in [-0.25, -0.2) is 0 Å². The van der Waals surface area contributed by atoms with E-state index >= 15 is 0 Å². The highest BCUT2D eigenvalue weighted by atomic mass is 16.4. The molecule has 0 heterocycles. The van der Waals surface area contributed by atoms with E-state index in [4.69, 9.17) is 0 Å². The molecular weight excluding hydrogens is 176 g/mol. The van der Waals surface area contributed by atoms with Gasteiger partial charge in [-0.2, -0.15) is 0 Å². The van der Waals surface area contributed by atoms with Gasteiger partial charge in [0.15, 0.2) is 0 Å². The number of carbonyl (C=O) groups is 1. The van der Waals surface area contributed by atoms with Crippen molar-refractivity contribution in [3.8, 4) is 0 Å². The Morgan fingerprint density at radius 3 is 2.07 bits per heavy atom. The molecule has 0 N–H and O–H groups in total. The molecule has 0 amide bonds. The summed E-state index contributed by atoms with van der Waals surface area (Å²) in [6, 6.07) is 7.63. The summed E-state index contributed by atoms with van der Waals surface area (Å²) < 4.78 is 0. The van der Waals surface area contributed by atoms with E-state index in [1.165, 1.54) is 5.56 Å². The van der Waals surface area contributed by atoms with E-state index in [1.54, 1.807) is 0 Å². The third-order valence-electron chi connectivity index (χ3n) is 2.17. The zero-order valence-corrected chi connectivity index (χ0v) is 8.83. The van der Waals surface area contributed by atoms with E-state index in [1.807, 2.05) is 24.3 Å². The SMILES string of the molecule is CC(C)(C)c1ccc(CC(=O)[O-])cc1. The van der Waals surface area contributed by atoms with Gasteiger partial charge < -0.3 is 9.90 Å². The molecular formula is C12H15O2-. The second kappa shape index (κ2) is 3.82. The fraction of sp³-hybridized carbons (Fsp3) is 0.417. The zero-order valence-electron chi connectivity index (χ0n) is 8.83. The van der Waals surface area contributed by atoms with Crippen LogP contribution in [0, 0.1) is 0 Å². The van der Waals surface area contributed by atoms with Crippen molar-refractivity contribution >= 4 is 5.97 Å². The number of hydrogen-bond acceptors (Lipinski definition) is 2. The number of carbonyl (C=O) groups excluding carboxylic acids is 1. The lowest BCUT2D eigenvalue weighted by Gasteiger charge is -2.19. The molecule has 76 valence electrons. The molecule has 0 aliphatic heterocycles. The summed E-state index contributed by atoms with van der Waals surface area (Å²) in [5.41, 5.74) is 2.11. The third-order valence-corrected chi connectivity index (χ3v) is 2.17. The van der Waals surface area contributed by atoms with Crippen LogP contribution < -0.4 is 5.11 Å². The Labute approximate surface area is 84.6 Å². The lowest BCUT2D eigenvalue weighted by atomic mass is 9.86. The monoisotopic (exact) mass is 191 g/mol. The van der Waals surface area contributed by atoms with E-state index in [0.29, 0.717) is 0 Å². The molecule has 2 heteroatoms. The molecule has 1 aromatic rings. The highest BCUT2D eigenvalue weighted by Gasteiger charge is 2.12. The summed E-state index contributed by atoms with van der Waals surface area (Å²) in [4.78, 5) is 10.3. The standard InChI is InChI=1S/C12H16O2/c1-12(2,3)10-6-4-9(5-7-10)8-11(13)14/h4-7H,8H2,1-3H3,(H,13,14)/p-1. The lowest BCUT2D eigenvalue weighted by Crippen LogP contribution is -2.24. The van der Waals surface area contributed by atoms with Crippen LogP contribution in [0.3, 0.4) is 0 Å². The van der Waals surface area contributed by atoms with Gasteiger partial charge in [0.05, 0.1) is 0 Å². The Morgan fingerprint density at radius 2 is 1.71 bits per heavy atom. The molecule has 0 saturated heterocycles. The van der Waals surface area contributed by atoms with Crippen molar-refractivity contribution in [2.45, 2.75) is 32.6 Å². The summed E-state index contributed by atoms with van der Waals surface area (Å²) in [6.07, 6.45) is -0.00950. The van der Waals surface area contributed by atoms with Gasteiger partial charge >= 0.3 is 0 Å². The van der Waals surface area contributed by atoms with Crippen molar-refractivity contribution in [2.75, 3.05) is 0 Å². The Bertz CT molecular complexity index is 317. The molecule has 1 rings (SSSR count). The molecule has 0 aliphatic carbocycles. The molecule has 1 aromatic carbocycles. The molecule has 0 radical (unpaired) electrons. The molecule has 0 spiro atoms. The summed E-state index contributed by atoms with van der Waals surface area (Å²) >= 11 is 0. The second-order valence-electron chi connectivity index (χ2n) is 4.50. The van der Waals surface area contributed by atoms with Crippen molar-refractivity contribution in [1.29, 1.82) is 0 Å². The highest BCUT2D eigenvalue weighted by Crippen LogP contribution is 2.22. The average Bonchev–Trinajstić information content (AvgIpc) is 2.02. The summed E-state index contributed by atoms with van der Waals surface area (Å²) in [6.45, 7) is 6.38. The molecule has 14 heavy (non-hydrogen) atoms. The van der Waals surface area contributed by atoms with E-state index in [2.05, 4.69) is 20.8 Å². The minimum atomic E-state index is -1.03. The van der Waals surface area contributed by atoms with Crippen molar-refractivity contribution in [1.82, 2.24) is 0 Å². The van der Waals surface area contributed by atoms with Gasteiger partial charge in [-0.15, -0.1) is 0 Å². The van der Waals surface area contributed by atoms with E-state index in [0.717, 1.165) is 5.56 Å².